The lowest BCUT2D eigenvalue weighted by atomic mass is 9.92. The van der Waals surface area contributed by atoms with Crippen molar-refractivity contribution >= 4 is 6.09 Å². The van der Waals surface area contributed by atoms with Gasteiger partial charge in [0.25, 0.3) is 0 Å². The number of piperidine rings is 1. The van der Waals surface area contributed by atoms with Gasteiger partial charge in [0, 0.05) is 19.4 Å². The molecule has 1 saturated carbocycles. The number of amides is 1. The van der Waals surface area contributed by atoms with E-state index in [0.717, 1.165) is 44.9 Å². The molecule has 15 heavy (non-hydrogen) atoms. The molecule has 2 aliphatic heterocycles. The molecule has 2 saturated heterocycles. The molecule has 1 spiro atoms. The average molecular weight is 210 g/mol. The van der Waals surface area contributed by atoms with E-state index in [4.69, 9.17) is 4.74 Å². The first-order chi connectivity index (χ1) is 7.27. The first-order valence-electron chi connectivity index (χ1n) is 5.96. The summed E-state index contributed by atoms with van der Waals surface area (Å²) in [6, 6.07) is 0. The molecule has 0 aromatic heterocycles. The molecule has 0 aromatic carbocycles. The third-order valence-corrected chi connectivity index (χ3v) is 3.73. The van der Waals surface area contributed by atoms with E-state index in [1.165, 1.54) is 12.8 Å². The molecule has 1 N–H and O–H groups in total. The number of rotatable bonds is 2. The number of hydrogen-bond acceptors (Lipinski definition) is 3. The number of hydrogen-bond donors (Lipinski definition) is 1. The van der Waals surface area contributed by atoms with Gasteiger partial charge in [-0.1, -0.05) is 0 Å². The molecule has 4 heteroatoms. The van der Waals surface area contributed by atoms with Crippen LogP contribution in [-0.2, 0) is 4.74 Å². The monoisotopic (exact) mass is 210 g/mol. The summed E-state index contributed by atoms with van der Waals surface area (Å²) in [5, 5.41) is 3.31. The molecule has 0 unspecified atom stereocenters. The third kappa shape index (κ3) is 1.83. The van der Waals surface area contributed by atoms with Crippen LogP contribution in [0.25, 0.3) is 0 Å². The second-order valence-electron chi connectivity index (χ2n) is 5.12. The highest BCUT2D eigenvalue weighted by Crippen LogP contribution is 2.35. The zero-order valence-corrected chi connectivity index (χ0v) is 9.00. The van der Waals surface area contributed by atoms with E-state index in [-0.39, 0.29) is 11.7 Å². The summed E-state index contributed by atoms with van der Waals surface area (Å²) in [7, 11) is 0. The number of nitrogens with zero attached hydrogens (tertiary/aromatic N) is 1. The second kappa shape index (κ2) is 3.37. The van der Waals surface area contributed by atoms with Crippen LogP contribution >= 0.6 is 0 Å². The van der Waals surface area contributed by atoms with Gasteiger partial charge in [0.2, 0.25) is 0 Å². The molecule has 1 aliphatic carbocycles. The van der Waals surface area contributed by atoms with Crippen LogP contribution < -0.4 is 5.32 Å². The first kappa shape index (κ1) is 9.46. The molecule has 1 amide bonds. The Kier molecular flexibility index (Phi) is 2.12. The molecule has 3 fully saturated rings. The predicted octanol–water partition coefficient (Wildman–Crippen LogP) is 0.971. The van der Waals surface area contributed by atoms with E-state index in [0.29, 0.717) is 0 Å². The lowest BCUT2D eigenvalue weighted by Gasteiger charge is -2.31. The SMILES string of the molecule is O=C1OC2(CCNCC2)CN1CC1CC1. The Labute approximate surface area is 90.0 Å². The third-order valence-electron chi connectivity index (χ3n) is 3.73. The van der Waals surface area contributed by atoms with Crippen molar-refractivity contribution in [3.8, 4) is 0 Å². The molecular formula is C11H18N2O2. The Morgan fingerprint density at radius 1 is 1.40 bits per heavy atom. The van der Waals surface area contributed by atoms with Crippen LogP contribution in [0.2, 0.25) is 0 Å². The fraction of sp³-hybridized carbons (Fsp3) is 0.909. The van der Waals surface area contributed by atoms with Crippen LogP contribution in [0.5, 0.6) is 0 Å². The van der Waals surface area contributed by atoms with Gasteiger partial charge in [0.05, 0.1) is 6.54 Å². The van der Waals surface area contributed by atoms with Gasteiger partial charge >= 0.3 is 6.09 Å². The quantitative estimate of drug-likeness (QED) is 0.738. The summed E-state index contributed by atoms with van der Waals surface area (Å²) in [5.41, 5.74) is -0.156. The number of carbonyl (C=O) groups excluding carboxylic acids is 1. The van der Waals surface area contributed by atoms with Crippen LogP contribution in [0, 0.1) is 5.92 Å². The van der Waals surface area contributed by atoms with Crippen LogP contribution in [0.15, 0.2) is 0 Å². The van der Waals surface area contributed by atoms with Gasteiger partial charge in [0.15, 0.2) is 0 Å². The van der Waals surface area contributed by atoms with Crippen LogP contribution in [0.1, 0.15) is 25.7 Å². The van der Waals surface area contributed by atoms with E-state index in [9.17, 15) is 4.79 Å². The molecule has 3 aliphatic rings. The van der Waals surface area contributed by atoms with Crippen molar-refractivity contribution in [2.24, 2.45) is 5.92 Å². The maximum absolute atomic E-state index is 11.7. The second-order valence-corrected chi connectivity index (χ2v) is 5.12. The highest BCUT2D eigenvalue weighted by Gasteiger charge is 2.46. The number of ether oxygens (including phenoxy) is 1. The van der Waals surface area contributed by atoms with Gasteiger partial charge in [-0.3, -0.25) is 0 Å². The lowest BCUT2D eigenvalue weighted by molar-refractivity contribution is 0.0316. The zero-order chi connectivity index (χ0) is 10.3. The van der Waals surface area contributed by atoms with Crippen molar-refractivity contribution in [1.82, 2.24) is 10.2 Å². The van der Waals surface area contributed by atoms with Gasteiger partial charge in [-0.2, -0.15) is 0 Å². The summed E-state index contributed by atoms with van der Waals surface area (Å²) >= 11 is 0. The van der Waals surface area contributed by atoms with Crippen molar-refractivity contribution in [1.29, 1.82) is 0 Å². The molecular weight excluding hydrogens is 192 g/mol. The molecule has 4 nitrogen and oxygen atoms in total. The van der Waals surface area contributed by atoms with Gasteiger partial charge in [-0.15, -0.1) is 0 Å². The maximum Gasteiger partial charge on any atom is 0.410 e. The highest BCUT2D eigenvalue weighted by molar-refractivity contribution is 5.70. The Balaban J connectivity index is 1.65. The largest absolute Gasteiger partial charge is 0.441 e. The van der Waals surface area contributed by atoms with E-state index in [2.05, 4.69) is 5.32 Å². The summed E-state index contributed by atoms with van der Waals surface area (Å²) in [4.78, 5) is 13.6. The molecule has 0 aromatic rings. The van der Waals surface area contributed by atoms with Crippen molar-refractivity contribution in [2.45, 2.75) is 31.3 Å². The van der Waals surface area contributed by atoms with Crippen molar-refractivity contribution < 1.29 is 9.53 Å². The van der Waals surface area contributed by atoms with Crippen LogP contribution in [-0.4, -0.2) is 42.8 Å². The highest BCUT2D eigenvalue weighted by atomic mass is 16.6. The first-order valence-corrected chi connectivity index (χ1v) is 5.96. The Morgan fingerprint density at radius 3 is 2.80 bits per heavy atom. The van der Waals surface area contributed by atoms with Crippen molar-refractivity contribution in [2.75, 3.05) is 26.2 Å². The van der Waals surface area contributed by atoms with Crippen molar-refractivity contribution in [3.05, 3.63) is 0 Å². The topological polar surface area (TPSA) is 41.6 Å². The van der Waals surface area contributed by atoms with Crippen LogP contribution in [0.4, 0.5) is 4.79 Å². The fourth-order valence-electron chi connectivity index (χ4n) is 2.59. The van der Waals surface area contributed by atoms with Gasteiger partial charge in [0.1, 0.15) is 5.60 Å². The minimum absolute atomic E-state index is 0.0798. The Morgan fingerprint density at radius 2 is 2.13 bits per heavy atom. The summed E-state index contributed by atoms with van der Waals surface area (Å²) in [5.74, 6) is 0.759. The smallest absolute Gasteiger partial charge is 0.410 e. The summed E-state index contributed by atoms with van der Waals surface area (Å²) < 4.78 is 5.58. The standard InChI is InChI=1S/C11H18N2O2/c14-10-13(7-9-1-2-9)8-11(15-10)3-5-12-6-4-11/h9,12H,1-8H2. The zero-order valence-electron chi connectivity index (χ0n) is 9.00. The van der Waals surface area contributed by atoms with Gasteiger partial charge < -0.3 is 15.0 Å². The molecule has 0 radical (unpaired) electrons. The molecule has 2 heterocycles. The number of carbonyl (C=O) groups is 1. The Bertz CT molecular complexity index is 270. The van der Waals surface area contributed by atoms with E-state index in [1.54, 1.807) is 0 Å². The number of nitrogens with one attached hydrogen (secondary N) is 1. The predicted molar refractivity (Wildman–Crippen MR) is 55.6 cm³/mol. The van der Waals surface area contributed by atoms with E-state index >= 15 is 0 Å². The summed E-state index contributed by atoms with van der Waals surface area (Å²) in [6.45, 7) is 3.70. The van der Waals surface area contributed by atoms with Crippen LogP contribution in [0.3, 0.4) is 0 Å². The normalized spacial score (nSPS) is 29.6. The molecule has 3 rings (SSSR count). The average Bonchev–Trinajstić information content (AvgIpc) is 2.97. The molecule has 0 atom stereocenters. The van der Waals surface area contributed by atoms with E-state index < -0.39 is 0 Å². The fourth-order valence-corrected chi connectivity index (χ4v) is 2.59. The van der Waals surface area contributed by atoms with E-state index in [1.807, 2.05) is 4.90 Å². The minimum Gasteiger partial charge on any atom is -0.441 e. The molecule has 0 bridgehead atoms. The minimum atomic E-state index is -0.156. The molecule has 84 valence electrons. The van der Waals surface area contributed by atoms with Gasteiger partial charge in [-0.05, 0) is 31.8 Å². The maximum atomic E-state index is 11.7. The van der Waals surface area contributed by atoms with Gasteiger partial charge in [-0.25, -0.2) is 4.79 Å². The summed E-state index contributed by atoms with van der Waals surface area (Å²) in [6.07, 6.45) is 4.44. The van der Waals surface area contributed by atoms with Crippen molar-refractivity contribution in [3.63, 3.8) is 0 Å². The lowest BCUT2D eigenvalue weighted by Crippen LogP contribution is -2.45. The Hall–Kier alpha value is -0.770.